The molecule has 3 unspecified atom stereocenters. The smallest absolute Gasteiger partial charge is 0.387 e. The van der Waals surface area contributed by atoms with Gasteiger partial charge in [-0.05, 0) is 19.3 Å². The van der Waals surface area contributed by atoms with E-state index in [2.05, 4.69) is 19.2 Å². The molecule has 0 aromatic rings. The molecule has 0 aliphatic carbocycles. The van der Waals surface area contributed by atoms with E-state index in [1.165, 1.54) is 315 Å². The number of hydrogen-bond acceptors (Lipinski definition) is 5. The molecule has 0 saturated carbocycles. The third kappa shape index (κ3) is 62.7. The highest BCUT2D eigenvalue weighted by Gasteiger charge is 2.28. The molecule has 8 nitrogen and oxygen atoms in total. The number of aliphatic hydroxyl groups excluding tert-OH is 1. The molecule has 0 radical (unpaired) electrons. The summed E-state index contributed by atoms with van der Waals surface area (Å²) in [6.07, 6.45) is 76.6. The van der Waals surface area contributed by atoms with Crippen molar-refractivity contribution in [3.8, 4) is 0 Å². The zero-order chi connectivity index (χ0) is 56.3. The number of rotatable bonds is 65. The Bertz CT molecular complexity index is 1260. The lowest BCUT2D eigenvalue weighted by atomic mass is 10.0. The fourth-order valence-corrected chi connectivity index (χ4v) is 11.6. The first-order valence-electron chi connectivity index (χ1n) is 34.6. The van der Waals surface area contributed by atoms with Crippen molar-refractivity contribution >= 4 is 13.7 Å². The Kier molecular flexibility index (Phi) is 59.3. The summed E-state index contributed by atoms with van der Waals surface area (Å²) in [6, 6.07) is -0.843. The van der Waals surface area contributed by atoms with Crippen molar-refractivity contribution in [1.29, 1.82) is 0 Å². The Morgan fingerprint density at radius 3 is 0.961 bits per heavy atom. The molecule has 9 heteroatoms. The molecule has 0 saturated heterocycles. The van der Waals surface area contributed by atoms with Gasteiger partial charge in [-0.3, -0.25) is 13.8 Å². The van der Waals surface area contributed by atoms with E-state index in [0.717, 1.165) is 32.1 Å². The van der Waals surface area contributed by atoms with E-state index in [-0.39, 0.29) is 19.1 Å². The number of nitrogens with zero attached hydrogens (tertiary/aromatic N) is 1. The van der Waals surface area contributed by atoms with Gasteiger partial charge in [-0.25, -0.2) is 4.57 Å². The lowest BCUT2D eigenvalue weighted by molar-refractivity contribution is -0.870. The molecule has 0 aliphatic rings. The van der Waals surface area contributed by atoms with Crippen molar-refractivity contribution in [3.63, 3.8) is 0 Å². The molecule has 0 rings (SSSR count). The number of carbonyl (C=O) groups is 1. The highest BCUT2D eigenvalue weighted by molar-refractivity contribution is 7.47. The van der Waals surface area contributed by atoms with Gasteiger partial charge in [0.1, 0.15) is 13.2 Å². The number of quaternary nitrogens is 1. The zero-order valence-corrected chi connectivity index (χ0v) is 53.6. The van der Waals surface area contributed by atoms with Crippen LogP contribution < -0.4 is 5.32 Å². The van der Waals surface area contributed by atoms with Crippen LogP contribution in [0.4, 0.5) is 0 Å². The third-order valence-electron chi connectivity index (χ3n) is 16.3. The van der Waals surface area contributed by atoms with E-state index in [1.54, 1.807) is 6.08 Å². The maximum absolute atomic E-state index is 13.0. The third-order valence-corrected chi connectivity index (χ3v) is 17.2. The quantitative estimate of drug-likeness (QED) is 0.0243. The van der Waals surface area contributed by atoms with Gasteiger partial charge in [0, 0.05) is 6.42 Å². The summed E-state index contributed by atoms with van der Waals surface area (Å²) in [6.45, 7) is 4.88. The van der Waals surface area contributed by atoms with E-state index < -0.39 is 20.0 Å². The average Bonchev–Trinajstić information content (AvgIpc) is 3.39. The number of likely N-dealkylation sites (N-methyl/N-ethyl adjacent to an activating group) is 1. The van der Waals surface area contributed by atoms with Gasteiger partial charge < -0.3 is 19.8 Å². The fraction of sp³-hybridized carbons (Fsp3) is 0.956. The molecule has 0 aliphatic heterocycles. The normalized spacial score (nSPS) is 13.7. The van der Waals surface area contributed by atoms with Crippen LogP contribution in [0, 0.1) is 0 Å². The minimum Gasteiger partial charge on any atom is -0.387 e. The molecule has 77 heavy (non-hydrogen) atoms. The first-order valence-corrected chi connectivity index (χ1v) is 36.1. The van der Waals surface area contributed by atoms with Gasteiger partial charge in [0.05, 0.1) is 39.9 Å². The number of hydrogen-bond donors (Lipinski definition) is 3. The standard InChI is InChI=1S/C68H137N2O6P/c1-6-8-10-12-14-16-18-20-22-24-25-26-27-28-29-30-31-32-33-34-35-36-37-38-39-40-41-42-43-44-46-48-50-52-54-56-58-60-62-68(72)69-66(65-76-77(73,74)75-64-63-70(3,4)5)67(71)61-59-57-55-53-51-49-47-45-23-21-19-17-15-13-11-9-7-2/h59,61,66-67,71H,6-58,60,62-65H2,1-5H3,(H-,69,72,73,74)/p+1/b61-59+. The summed E-state index contributed by atoms with van der Waals surface area (Å²) < 4.78 is 23.8. The number of amides is 1. The predicted molar refractivity (Wildman–Crippen MR) is 337 cm³/mol. The number of nitrogens with one attached hydrogen (secondary N) is 1. The van der Waals surface area contributed by atoms with Crippen LogP contribution in [0.15, 0.2) is 12.2 Å². The van der Waals surface area contributed by atoms with E-state index in [4.69, 9.17) is 9.05 Å². The Morgan fingerprint density at radius 1 is 0.429 bits per heavy atom. The lowest BCUT2D eigenvalue weighted by Gasteiger charge is -2.25. The minimum absolute atomic E-state index is 0.0653. The molecule has 0 fully saturated rings. The van der Waals surface area contributed by atoms with Crippen molar-refractivity contribution in [2.45, 2.75) is 379 Å². The highest BCUT2D eigenvalue weighted by Crippen LogP contribution is 2.43. The van der Waals surface area contributed by atoms with E-state index in [9.17, 15) is 19.4 Å². The van der Waals surface area contributed by atoms with Crippen molar-refractivity contribution in [3.05, 3.63) is 12.2 Å². The summed E-state index contributed by atoms with van der Waals surface area (Å²) in [5, 5.41) is 14.0. The summed E-state index contributed by atoms with van der Waals surface area (Å²) in [4.78, 5) is 23.4. The first kappa shape index (κ1) is 76.2. The van der Waals surface area contributed by atoms with Crippen LogP contribution in [0.25, 0.3) is 0 Å². The van der Waals surface area contributed by atoms with Crippen LogP contribution in [-0.2, 0) is 18.4 Å². The first-order chi connectivity index (χ1) is 37.5. The number of phosphoric ester groups is 1. The molecule has 0 spiro atoms. The Hall–Kier alpha value is -0.760. The van der Waals surface area contributed by atoms with Crippen LogP contribution in [0.3, 0.4) is 0 Å². The number of unbranched alkanes of at least 4 members (excludes halogenated alkanes) is 52. The SMILES string of the molecule is CCCCCCCCCCCCCCCCC/C=C/C(O)C(COP(=O)(O)OCC[N+](C)(C)C)NC(=O)CCCCCCCCCCCCCCCCCCCCCCCCCCCCCCCCCCCCCCCC. The van der Waals surface area contributed by atoms with Gasteiger partial charge >= 0.3 is 7.82 Å². The van der Waals surface area contributed by atoms with Crippen molar-refractivity contribution in [2.24, 2.45) is 0 Å². The zero-order valence-electron chi connectivity index (χ0n) is 52.7. The second kappa shape index (κ2) is 59.8. The van der Waals surface area contributed by atoms with Gasteiger partial charge in [0.15, 0.2) is 0 Å². The predicted octanol–water partition coefficient (Wildman–Crippen LogP) is 21.7. The number of carbonyl (C=O) groups excluding carboxylic acids is 1. The maximum atomic E-state index is 13.0. The van der Waals surface area contributed by atoms with Crippen LogP contribution in [0.1, 0.15) is 367 Å². The Morgan fingerprint density at radius 2 is 0.688 bits per heavy atom. The lowest BCUT2D eigenvalue weighted by Crippen LogP contribution is -2.45. The van der Waals surface area contributed by atoms with Crippen LogP contribution in [-0.4, -0.2) is 73.4 Å². The molecule has 0 bridgehead atoms. The number of aliphatic hydroxyl groups is 1. The Balaban J connectivity index is 3.88. The van der Waals surface area contributed by atoms with Gasteiger partial charge in [-0.2, -0.15) is 0 Å². The average molecular weight is 1110 g/mol. The largest absolute Gasteiger partial charge is 0.472 e. The van der Waals surface area contributed by atoms with E-state index >= 15 is 0 Å². The molecule has 3 atom stereocenters. The maximum Gasteiger partial charge on any atom is 0.472 e. The molecular weight excluding hydrogens is 972 g/mol. The number of allylic oxidation sites excluding steroid dienone is 1. The highest BCUT2D eigenvalue weighted by atomic mass is 31.2. The van der Waals surface area contributed by atoms with Crippen molar-refractivity contribution in [2.75, 3.05) is 40.9 Å². The van der Waals surface area contributed by atoms with Gasteiger partial charge in [-0.15, -0.1) is 0 Å². The summed E-state index contributed by atoms with van der Waals surface area (Å²) in [5.41, 5.74) is 0. The van der Waals surface area contributed by atoms with Crippen molar-refractivity contribution in [1.82, 2.24) is 5.32 Å². The monoisotopic (exact) mass is 1110 g/mol. The topological polar surface area (TPSA) is 105 Å². The van der Waals surface area contributed by atoms with Gasteiger partial charge in [0.25, 0.3) is 0 Å². The second-order valence-corrected chi connectivity index (χ2v) is 26.7. The van der Waals surface area contributed by atoms with Gasteiger partial charge in [0.2, 0.25) is 5.91 Å². The molecule has 1 amide bonds. The summed E-state index contributed by atoms with van der Waals surface area (Å²) >= 11 is 0. The van der Waals surface area contributed by atoms with E-state index in [1.807, 2.05) is 27.2 Å². The molecular formula is C68H138N2O6P+. The number of phosphoric acid groups is 1. The van der Waals surface area contributed by atoms with Crippen LogP contribution >= 0.6 is 7.82 Å². The van der Waals surface area contributed by atoms with Crippen molar-refractivity contribution < 1.29 is 32.9 Å². The van der Waals surface area contributed by atoms with Crippen LogP contribution in [0.5, 0.6) is 0 Å². The minimum atomic E-state index is -4.34. The van der Waals surface area contributed by atoms with Crippen LogP contribution in [0.2, 0.25) is 0 Å². The molecule has 3 N–H and O–H groups in total. The van der Waals surface area contributed by atoms with E-state index in [0.29, 0.717) is 17.4 Å². The molecule has 0 aromatic carbocycles. The fourth-order valence-electron chi connectivity index (χ4n) is 10.9. The molecule has 0 aromatic heterocycles. The van der Waals surface area contributed by atoms with Gasteiger partial charge in [-0.1, -0.05) is 353 Å². The second-order valence-electron chi connectivity index (χ2n) is 25.3. The summed E-state index contributed by atoms with van der Waals surface area (Å²) in [5.74, 6) is -0.168. The molecule has 460 valence electrons. The Labute approximate surface area is 482 Å². The molecule has 0 heterocycles. The summed E-state index contributed by atoms with van der Waals surface area (Å²) in [7, 11) is 1.59.